The molecular weight excluding hydrogens is 356 g/mol. The van der Waals surface area contributed by atoms with Crippen molar-refractivity contribution in [2.75, 3.05) is 13.2 Å². The van der Waals surface area contributed by atoms with Gasteiger partial charge < -0.3 is 24.8 Å². The van der Waals surface area contributed by atoms with E-state index in [1.165, 1.54) is 0 Å². The van der Waals surface area contributed by atoms with E-state index in [0.29, 0.717) is 23.6 Å². The molecule has 0 bridgehead atoms. The van der Waals surface area contributed by atoms with Gasteiger partial charge in [0.15, 0.2) is 0 Å². The lowest BCUT2D eigenvalue weighted by molar-refractivity contribution is -0.189. The van der Waals surface area contributed by atoms with E-state index in [1.54, 1.807) is 12.1 Å². The number of ether oxygens (including phenoxy) is 2. The first kappa shape index (κ1) is 19.1. The van der Waals surface area contributed by atoms with Crippen LogP contribution in [0.3, 0.4) is 0 Å². The highest BCUT2D eigenvalue weighted by Gasteiger charge is 2.38. The lowest BCUT2D eigenvalue weighted by Gasteiger charge is -2.35. The van der Waals surface area contributed by atoms with Gasteiger partial charge in [0.25, 0.3) is 0 Å². The summed E-state index contributed by atoms with van der Waals surface area (Å²) in [5, 5.41) is 30.3. The second-order valence-electron chi connectivity index (χ2n) is 6.41. The fourth-order valence-corrected chi connectivity index (χ4v) is 3.28. The van der Waals surface area contributed by atoms with Crippen molar-refractivity contribution in [3.05, 3.63) is 64.2 Å². The minimum Gasteiger partial charge on any atom is -0.494 e. The number of benzene rings is 2. The van der Waals surface area contributed by atoms with Crippen molar-refractivity contribution in [3.8, 4) is 5.75 Å². The van der Waals surface area contributed by atoms with Crippen LogP contribution in [0.1, 0.15) is 29.7 Å². The lowest BCUT2D eigenvalue weighted by Crippen LogP contribution is -2.49. The van der Waals surface area contributed by atoms with Gasteiger partial charge >= 0.3 is 0 Å². The monoisotopic (exact) mass is 378 g/mol. The van der Waals surface area contributed by atoms with Gasteiger partial charge in [0.1, 0.15) is 30.2 Å². The maximum atomic E-state index is 10.2. The summed E-state index contributed by atoms with van der Waals surface area (Å²) in [6.07, 6.45) is -3.61. The van der Waals surface area contributed by atoms with Crippen LogP contribution >= 0.6 is 11.6 Å². The number of hydrogen-bond donors (Lipinski definition) is 3. The van der Waals surface area contributed by atoms with Crippen molar-refractivity contribution in [1.29, 1.82) is 0 Å². The smallest absolute Gasteiger partial charge is 0.119 e. The van der Waals surface area contributed by atoms with E-state index < -0.39 is 24.4 Å². The SMILES string of the molecule is CCOc1ccc(Cc2cc([C@@H]3OC[C@H](O)[C@H](O)[C@H]3O)ccc2Cl)cc1. The van der Waals surface area contributed by atoms with E-state index in [4.69, 9.17) is 21.1 Å². The van der Waals surface area contributed by atoms with Gasteiger partial charge in [0.05, 0.1) is 13.2 Å². The molecule has 0 aromatic heterocycles. The van der Waals surface area contributed by atoms with Gasteiger partial charge in [-0.2, -0.15) is 0 Å². The van der Waals surface area contributed by atoms with Gasteiger partial charge in [-0.25, -0.2) is 0 Å². The molecule has 1 saturated heterocycles. The number of aliphatic hydroxyl groups excluding tert-OH is 3. The molecule has 1 heterocycles. The Labute approximate surface area is 157 Å². The second-order valence-corrected chi connectivity index (χ2v) is 6.81. The molecule has 0 spiro atoms. The lowest BCUT2D eigenvalue weighted by atomic mass is 9.93. The topological polar surface area (TPSA) is 79.2 Å². The van der Waals surface area contributed by atoms with Crippen LogP contribution in [0.5, 0.6) is 5.75 Å². The fraction of sp³-hybridized carbons (Fsp3) is 0.400. The van der Waals surface area contributed by atoms with Crippen LogP contribution in [0.4, 0.5) is 0 Å². The van der Waals surface area contributed by atoms with E-state index in [1.807, 2.05) is 37.3 Å². The quantitative estimate of drug-likeness (QED) is 0.745. The molecule has 4 atom stereocenters. The Kier molecular flexibility index (Phi) is 6.16. The van der Waals surface area contributed by atoms with Crippen LogP contribution < -0.4 is 4.74 Å². The molecule has 0 unspecified atom stereocenters. The Morgan fingerprint density at radius 1 is 1.08 bits per heavy atom. The minimum absolute atomic E-state index is 0.0280. The minimum atomic E-state index is -1.24. The average molecular weight is 379 g/mol. The van der Waals surface area contributed by atoms with E-state index in [-0.39, 0.29) is 6.61 Å². The number of halogens is 1. The van der Waals surface area contributed by atoms with E-state index in [2.05, 4.69) is 0 Å². The molecular formula is C20H23ClO5. The van der Waals surface area contributed by atoms with Crippen molar-refractivity contribution in [1.82, 2.24) is 0 Å². The zero-order valence-electron chi connectivity index (χ0n) is 14.5. The standard InChI is InChI=1S/C20H23ClO5/c1-2-25-15-6-3-12(4-7-15)9-14-10-13(5-8-16(14)21)20-19(24)18(23)17(22)11-26-20/h3-8,10,17-20,22-24H,2,9,11H2,1H3/t17-,18-,19+,20-/m0/s1. The highest BCUT2D eigenvalue weighted by molar-refractivity contribution is 6.31. The van der Waals surface area contributed by atoms with Crippen molar-refractivity contribution in [3.63, 3.8) is 0 Å². The van der Waals surface area contributed by atoms with Crippen LogP contribution in [-0.4, -0.2) is 46.8 Å². The van der Waals surface area contributed by atoms with Gasteiger partial charge in [-0.05, 0) is 48.2 Å². The first-order valence-electron chi connectivity index (χ1n) is 8.65. The Bertz CT molecular complexity index is 733. The molecule has 26 heavy (non-hydrogen) atoms. The third-order valence-electron chi connectivity index (χ3n) is 4.53. The molecule has 2 aromatic carbocycles. The van der Waals surface area contributed by atoms with Crippen molar-refractivity contribution in [2.45, 2.75) is 37.8 Å². The predicted octanol–water partition coefficient (Wildman–Crippen LogP) is 2.48. The van der Waals surface area contributed by atoms with Gasteiger partial charge in [-0.3, -0.25) is 0 Å². The Morgan fingerprint density at radius 2 is 1.81 bits per heavy atom. The van der Waals surface area contributed by atoms with Crippen LogP contribution in [-0.2, 0) is 11.2 Å². The van der Waals surface area contributed by atoms with Crippen LogP contribution in [0, 0.1) is 0 Å². The van der Waals surface area contributed by atoms with Gasteiger partial charge in [-0.1, -0.05) is 35.9 Å². The molecule has 3 N–H and O–H groups in total. The maximum absolute atomic E-state index is 10.2. The molecule has 1 aliphatic heterocycles. The molecule has 5 nitrogen and oxygen atoms in total. The Morgan fingerprint density at radius 3 is 2.50 bits per heavy atom. The third kappa shape index (κ3) is 4.19. The molecule has 2 aromatic rings. The van der Waals surface area contributed by atoms with Crippen LogP contribution in [0.2, 0.25) is 5.02 Å². The molecule has 0 saturated carbocycles. The molecule has 140 valence electrons. The molecule has 1 fully saturated rings. The Balaban J connectivity index is 1.79. The van der Waals surface area contributed by atoms with E-state index in [9.17, 15) is 15.3 Å². The molecule has 6 heteroatoms. The molecule has 3 rings (SSSR count). The zero-order chi connectivity index (χ0) is 18.7. The van der Waals surface area contributed by atoms with Crippen molar-refractivity contribution >= 4 is 11.6 Å². The number of rotatable bonds is 5. The van der Waals surface area contributed by atoms with Gasteiger partial charge in [0, 0.05) is 5.02 Å². The summed E-state index contributed by atoms with van der Waals surface area (Å²) in [6, 6.07) is 13.2. The number of hydrogen-bond acceptors (Lipinski definition) is 5. The normalized spacial score (nSPS) is 25.9. The van der Waals surface area contributed by atoms with E-state index in [0.717, 1.165) is 16.9 Å². The summed E-state index contributed by atoms with van der Waals surface area (Å²) in [4.78, 5) is 0. The van der Waals surface area contributed by atoms with E-state index >= 15 is 0 Å². The fourth-order valence-electron chi connectivity index (χ4n) is 3.10. The largest absolute Gasteiger partial charge is 0.494 e. The number of aliphatic hydroxyl groups is 3. The summed E-state index contributed by atoms with van der Waals surface area (Å²) in [6.45, 7) is 2.54. The highest BCUT2D eigenvalue weighted by atomic mass is 35.5. The Hall–Kier alpha value is -1.63. The van der Waals surface area contributed by atoms with Crippen molar-refractivity contribution < 1.29 is 24.8 Å². The molecule has 0 radical (unpaired) electrons. The highest BCUT2D eigenvalue weighted by Crippen LogP contribution is 2.32. The molecule has 0 amide bonds. The first-order valence-corrected chi connectivity index (χ1v) is 9.03. The summed E-state index contributed by atoms with van der Waals surface area (Å²) >= 11 is 6.34. The first-order chi connectivity index (χ1) is 12.5. The predicted molar refractivity (Wildman–Crippen MR) is 98.6 cm³/mol. The summed E-state index contributed by atoms with van der Waals surface area (Å²) in [5.74, 6) is 0.822. The second kappa shape index (κ2) is 8.37. The van der Waals surface area contributed by atoms with Gasteiger partial charge in [-0.15, -0.1) is 0 Å². The summed E-state index contributed by atoms with van der Waals surface area (Å²) < 4.78 is 11.0. The average Bonchev–Trinajstić information content (AvgIpc) is 2.64. The molecule has 0 aliphatic carbocycles. The zero-order valence-corrected chi connectivity index (χ0v) is 15.3. The third-order valence-corrected chi connectivity index (χ3v) is 4.90. The van der Waals surface area contributed by atoms with Gasteiger partial charge in [0.2, 0.25) is 0 Å². The van der Waals surface area contributed by atoms with Crippen LogP contribution in [0.15, 0.2) is 42.5 Å². The summed E-state index contributed by atoms with van der Waals surface area (Å²) in [7, 11) is 0. The van der Waals surface area contributed by atoms with Crippen LogP contribution in [0.25, 0.3) is 0 Å². The maximum Gasteiger partial charge on any atom is 0.119 e. The van der Waals surface area contributed by atoms with Crippen molar-refractivity contribution in [2.24, 2.45) is 0 Å². The molecule has 1 aliphatic rings. The summed E-state index contributed by atoms with van der Waals surface area (Å²) in [5.41, 5.74) is 2.69.